The van der Waals surface area contributed by atoms with Gasteiger partial charge in [-0.2, -0.15) is 0 Å². The van der Waals surface area contributed by atoms with E-state index in [2.05, 4.69) is 24.5 Å². The maximum Gasteiger partial charge on any atom is 0.241 e. The SMILES string of the molecule is COCCN(CC(C)C)C(=O)C1CNCCN1. The summed E-state index contributed by atoms with van der Waals surface area (Å²) in [7, 11) is 1.67. The van der Waals surface area contributed by atoms with Crippen molar-refractivity contribution in [1.82, 2.24) is 15.5 Å². The molecule has 1 amide bonds. The molecule has 100 valence electrons. The number of carbonyl (C=O) groups is 1. The fraction of sp³-hybridized carbons (Fsp3) is 0.917. The number of piperazine rings is 1. The number of carbonyl (C=O) groups excluding carboxylic acids is 1. The van der Waals surface area contributed by atoms with Crippen LogP contribution in [-0.2, 0) is 9.53 Å². The first-order chi connectivity index (χ1) is 8.15. The summed E-state index contributed by atoms with van der Waals surface area (Å²) in [5.74, 6) is 0.662. The molecule has 0 aromatic carbocycles. The first kappa shape index (κ1) is 14.4. The average Bonchev–Trinajstić information content (AvgIpc) is 2.34. The lowest BCUT2D eigenvalue weighted by Crippen LogP contribution is -2.57. The Balaban J connectivity index is 2.50. The zero-order chi connectivity index (χ0) is 12.7. The van der Waals surface area contributed by atoms with Gasteiger partial charge in [-0.3, -0.25) is 4.79 Å². The average molecular weight is 243 g/mol. The predicted octanol–water partition coefficient (Wildman–Crippen LogP) is -0.321. The number of hydrogen-bond donors (Lipinski definition) is 2. The van der Waals surface area contributed by atoms with Crippen LogP contribution in [0.3, 0.4) is 0 Å². The summed E-state index contributed by atoms with van der Waals surface area (Å²) < 4.78 is 5.06. The first-order valence-corrected chi connectivity index (χ1v) is 6.37. The number of nitrogens with zero attached hydrogens (tertiary/aromatic N) is 1. The Hall–Kier alpha value is -0.650. The lowest BCUT2D eigenvalue weighted by atomic mass is 10.1. The van der Waals surface area contributed by atoms with Crippen LogP contribution in [0, 0.1) is 5.92 Å². The van der Waals surface area contributed by atoms with Crippen LogP contribution < -0.4 is 10.6 Å². The van der Waals surface area contributed by atoms with Gasteiger partial charge in [-0.25, -0.2) is 0 Å². The minimum absolute atomic E-state index is 0.0839. The summed E-state index contributed by atoms with van der Waals surface area (Å²) in [6.45, 7) is 8.83. The zero-order valence-electron chi connectivity index (χ0n) is 11.2. The Labute approximate surface area is 104 Å². The quantitative estimate of drug-likeness (QED) is 0.671. The van der Waals surface area contributed by atoms with E-state index in [4.69, 9.17) is 4.74 Å². The number of methoxy groups -OCH3 is 1. The highest BCUT2D eigenvalue weighted by Gasteiger charge is 2.25. The van der Waals surface area contributed by atoms with E-state index in [0.717, 1.165) is 26.2 Å². The predicted molar refractivity (Wildman–Crippen MR) is 68.0 cm³/mol. The Morgan fingerprint density at radius 3 is 2.76 bits per heavy atom. The van der Waals surface area contributed by atoms with Gasteiger partial charge in [-0.15, -0.1) is 0 Å². The Morgan fingerprint density at radius 1 is 1.47 bits per heavy atom. The van der Waals surface area contributed by atoms with Crippen molar-refractivity contribution in [1.29, 1.82) is 0 Å². The van der Waals surface area contributed by atoms with E-state index >= 15 is 0 Å². The molecule has 1 saturated heterocycles. The largest absolute Gasteiger partial charge is 0.383 e. The second kappa shape index (κ2) is 7.63. The van der Waals surface area contributed by atoms with Crippen LogP contribution >= 0.6 is 0 Å². The van der Waals surface area contributed by atoms with Crippen molar-refractivity contribution in [2.75, 3.05) is 46.4 Å². The summed E-state index contributed by atoms with van der Waals surface area (Å²) in [6, 6.07) is -0.0839. The molecule has 0 radical (unpaired) electrons. The molecule has 1 fully saturated rings. The van der Waals surface area contributed by atoms with Gasteiger partial charge >= 0.3 is 0 Å². The second-order valence-corrected chi connectivity index (χ2v) is 4.88. The lowest BCUT2D eigenvalue weighted by Gasteiger charge is -2.31. The van der Waals surface area contributed by atoms with Crippen LogP contribution in [-0.4, -0.2) is 63.3 Å². The number of ether oxygens (including phenoxy) is 1. The third-order valence-corrected chi connectivity index (χ3v) is 2.80. The molecule has 0 aromatic heterocycles. The fourth-order valence-electron chi connectivity index (χ4n) is 1.98. The Kier molecular flexibility index (Phi) is 6.47. The van der Waals surface area contributed by atoms with Gasteiger partial charge in [0.05, 0.1) is 12.6 Å². The molecular formula is C12H25N3O2. The van der Waals surface area contributed by atoms with Crippen LogP contribution in [0.1, 0.15) is 13.8 Å². The molecule has 2 N–H and O–H groups in total. The van der Waals surface area contributed by atoms with Crippen molar-refractivity contribution in [3.8, 4) is 0 Å². The number of amides is 1. The highest BCUT2D eigenvalue weighted by atomic mass is 16.5. The molecular weight excluding hydrogens is 218 g/mol. The fourth-order valence-corrected chi connectivity index (χ4v) is 1.98. The molecule has 1 atom stereocenters. The Bertz CT molecular complexity index is 228. The van der Waals surface area contributed by atoms with Gasteiger partial charge in [0, 0.05) is 39.8 Å². The van der Waals surface area contributed by atoms with Crippen molar-refractivity contribution < 1.29 is 9.53 Å². The van der Waals surface area contributed by atoms with Crippen LogP contribution in [0.5, 0.6) is 0 Å². The smallest absolute Gasteiger partial charge is 0.241 e. The second-order valence-electron chi connectivity index (χ2n) is 4.88. The van der Waals surface area contributed by atoms with Gasteiger partial charge in [0.2, 0.25) is 5.91 Å². The molecule has 1 unspecified atom stereocenters. The van der Waals surface area contributed by atoms with Gasteiger partial charge in [-0.05, 0) is 5.92 Å². The third-order valence-electron chi connectivity index (χ3n) is 2.80. The molecule has 1 aliphatic rings. The van der Waals surface area contributed by atoms with E-state index in [1.807, 2.05) is 4.90 Å². The summed E-state index contributed by atoms with van der Waals surface area (Å²) in [4.78, 5) is 14.2. The summed E-state index contributed by atoms with van der Waals surface area (Å²) in [5.41, 5.74) is 0. The van der Waals surface area contributed by atoms with Gasteiger partial charge in [-0.1, -0.05) is 13.8 Å². The van der Waals surface area contributed by atoms with Gasteiger partial charge in [0.25, 0.3) is 0 Å². The normalized spacial score (nSPS) is 20.6. The monoisotopic (exact) mass is 243 g/mol. The molecule has 0 aromatic rings. The molecule has 0 bridgehead atoms. The molecule has 1 heterocycles. The van der Waals surface area contributed by atoms with E-state index in [9.17, 15) is 4.79 Å². The number of hydrogen-bond acceptors (Lipinski definition) is 4. The van der Waals surface area contributed by atoms with Crippen LogP contribution in [0.15, 0.2) is 0 Å². The highest BCUT2D eigenvalue weighted by molar-refractivity contribution is 5.82. The minimum Gasteiger partial charge on any atom is -0.383 e. The molecule has 1 rings (SSSR count). The maximum atomic E-state index is 12.3. The lowest BCUT2D eigenvalue weighted by molar-refractivity contribution is -0.134. The van der Waals surface area contributed by atoms with Crippen LogP contribution in [0.25, 0.3) is 0 Å². The number of nitrogens with one attached hydrogen (secondary N) is 2. The van der Waals surface area contributed by atoms with Gasteiger partial charge in [0.1, 0.15) is 0 Å². The number of rotatable bonds is 6. The molecule has 0 spiro atoms. The molecule has 5 heteroatoms. The van der Waals surface area contributed by atoms with Gasteiger partial charge < -0.3 is 20.3 Å². The van der Waals surface area contributed by atoms with E-state index in [0.29, 0.717) is 19.1 Å². The van der Waals surface area contributed by atoms with E-state index in [1.165, 1.54) is 0 Å². The van der Waals surface area contributed by atoms with Crippen molar-refractivity contribution in [3.05, 3.63) is 0 Å². The first-order valence-electron chi connectivity index (χ1n) is 6.37. The standard InChI is InChI=1S/C12H25N3O2/c1-10(2)9-15(6-7-17-3)12(16)11-8-13-4-5-14-11/h10-11,13-14H,4-9H2,1-3H3. The summed E-state index contributed by atoms with van der Waals surface area (Å²) >= 11 is 0. The van der Waals surface area contributed by atoms with Crippen molar-refractivity contribution in [2.45, 2.75) is 19.9 Å². The van der Waals surface area contributed by atoms with E-state index in [-0.39, 0.29) is 11.9 Å². The Morgan fingerprint density at radius 2 is 2.24 bits per heavy atom. The van der Waals surface area contributed by atoms with Crippen molar-refractivity contribution >= 4 is 5.91 Å². The molecule has 5 nitrogen and oxygen atoms in total. The van der Waals surface area contributed by atoms with Gasteiger partial charge in [0.15, 0.2) is 0 Å². The van der Waals surface area contributed by atoms with E-state index in [1.54, 1.807) is 7.11 Å². The van der Waals surface area contributed by atoms with Crippen molar-refractivity contribution in [3.63, 3.8) is 0 Å². The van der Waals surface area contributed by atoms with Crippen LogP contribution in [0.4, 0.5) is 0 Å². The minimum atomic E-state index is -0.0839. The molecule has 0 saturated carbocycles. The van der Waals surface area contributed by atoms with Crippen molar-refractivity contribution in [2.24, 2.45) is 5.92 Å². The summed E-state index contributed by atoms with van der Waals surface area (Å²) in [5, 5.41) is 6.49. The molecule has 1 aliphatic heterocycles. The molecule has 0 aliphatic carbocycles. The third kappa shape index (κ3) is 5.02. The summed E-state index contributed by atoms with van der Waals surface area (Å²) in [6.07, 6.45) is 0. The maximum absolute atomic E-state index is 12.3. The van der Waals surface area contributed by atoms with E-state index < -0.39 is 0 Å². The topological polar surface area (TPSA) is 53.6 Å². The zero-order valence-corrected chi connectivity index (χ0v) is 11.2. The highest BCUT2D eigenvalue weighted by Crippen LogP contribution is 2.03. The molecule has 17 heavy (non-hydrogen) atoms. The van der Waals surface area contributed by atoms with Crippen LogP contribution in [0.2, 0.25) is 0 Å².